The molecule has 0 aliphatic carbocycles. The van der Waals surface area contributed by atoms with Crippen molar-refractivity contribution in [1.82, 2.24) is 24.7 Å². The maximum absolute atomic E-state index is 12.4. The van der Waals surface area contributed by atoms with Crippen molar-refractivity contribution in [3.05, 3.63) is 30.1 Å². The van der Waals surface area contributed by atoms with Gasteiger partial charge < -0.3 is 24.8 Å². The average molecular weight is 359 g/mol. The Hall–Kier alpha value is -2.12. The number of amides is 2. The minimum absolute atomic E-state index is 0.0728. The molecule has 3 rings (SSSR count). The quantitative estimate of drug-likeness (QED) is 0.818. The topological polar surface area (TPSA) is 73.6 Å². The Morgan fingerprint density at radius 3 is 3.00 bits per heavy atom. The van der Waals surface area contributed by atoms with Crippen molar-refractivity contribution >= 4 is 17.1 Å². The Morgan fingerprint density at radius 2 is 2.23 bits per heavy atom. The SMILES string of the molecule is CN(Cc1nc2ccccc2n1C)C(=O)NCC1CCCN(CCO)C1. The number of aliphatic hydroxyl groups excluding tert-OH is 1. The Morgan fingerprint density at radius 1 is 1.42 bits per heavy atom. The monoisotopic (exact) mass is 359 g/mol. The van der Waals surface area contributed by atoms with Crippen LogP contribution in [-0.2, 0) is 13.6 Å². The molecule has 1 aliphatic heterocycles. The van der Waals surface area contributed by atoms with Gasteiger partial charge in [0.05, 0.1) is 24.2 Å². The van der Waals surface area contributed by atoms with Gasteiger partial charge in [0.1, 0.15) is 5.82 Å². The number of fused-ring (bicyclic) bond motifs is 1. The first-order valence-electron chi connectivity index (χ1n) is 9.31. The lowest BCUT2D eigenvalue weighted by atomic mass is 9.98. The van der Waals surface area contributed by atoms with E-state index >= 15 is 0 Å². The lowest BCUT2D eigenvalue weighted by Gasteiger charge is -2.32. The molecule has 7 heteroatoms. The summed E-state index contributed by atoms with van der Waals surface area (Å²) in [7, 11) is 3.78. The fraction of sp³-hybridized carbons (Fsp3) is 0.579. The van der Waals surface area contributed by atoms with Crippen LogP contribution in [0.25, 0.3) is 11.0 Å². The molecule has 1 aliphatic rings. The number of likely N-dealkylation sites (tertiary alicyclic amines) is 1. The number of para-hydroxylation sites is 2. The molecule has 2 heterocycles. The number of hydrogen-bond donors (Lipinski definition) is 2. The van der Waals surface area contributed by atoms with Gasteiger partial charge in [0.25, 0.3) is 0 Å². The Kier molecular flexibility index (Phi) is 6.11. The first kappa shape index (κ1) is 18.7. The summed E-state index contributed by atoms with van der Waals surface area (Å²) in [4.78, 5) is 21.0. The van der Waals surface area contributed by atoms with Gasteiger partial charge in [-0.3, -0.25) is 0 Å². The highest BCUT2D eigenvalue weighted by atomic mass is 16.3. The van der Waals surface area contributed by atoms with Crippen molar-refractivity contribution < 1.29 is 9.90 Å². The molecule has 26 heavy (non-hydrogen) atoms. The highest BCUT2D eigenvalue weighted by Crippen LogP contribution is 2.16. The van der Waals surface area contributed by atoms with Gasteiger partial charge in [0.2, 0.25) is 0 Å². The van der Waals surface area contributed by atoms with Crippen molar-refractivity contribution in [2.24, 2.45) is 13.0 Å². The van der Waals surface area contributed by atoms with Gasteiger partial charge >= 0.3 is 6.03 Å². The third-order valence-electron chi connectivity index (χ3n) is 5.17. The second-order valence-corrected chi connectivity index (χ2v) is 7.15. The number of piperidine rings is 1. The summed E-state index contributed by atoms with van der Waals surface area (Å²) in [5, 5.41) is 12.1. The average Bonchev–Trinajstić information content (AvgIpc) is 2.96. The van der Waals surface area contributed by atoms with Crippen molar-refractivity contribution in [2.45, 2.75) is 19.4 Å². The van der Waals surface area contributed by atoms with Crippen LogP contribution in [0.2, 0.25) is 0 Å². The van der Waals surface area contributed by atoms with Crippen molar-refractivity contribution in [3.8, 4) is 0 Å². The first-order valence-corrected chi connectivity index (χ1v) is 9.31. The van der Waals surface area contributed by atoms with Crippen LogP contribution in [0.15, 0.2) is 24.3 Å². The summed E-state index contributed by atoms with van der Waals surface area (Å²) >= 11 is 0. The van der Waals surface area contributed by atoms with Crippen LogP contribution in [0, 0.1) is 5.92 Å². The third kappa shape index (κ3) is 4.34. The molecule has 0 saturated carbocycles. The van der Waals surface area contributed by atoms with Crippen LogP contribution in [0.3, 0.4) is 0 Å². The van der Waals surface area contributed by atoms with Gasteiger partial charge in [0, 0.05) is 33.7 Å². The van der Waals surface area contributed by atoms with E-state index in [0.29, 0.717) is 19.0 Å². The van der Waals surface area contributed by atoms with E-state index in [1.54, 1.807) is 11.9 Å². The van der Waals surface area contributed by atoms with E-state index in [9.17, 15) is 4.79 Å². The molecular formula is C19H29N5O2. The molecule has 1 aromatic carbocycles. The fourth-order valence-electron chi connectivity index (χ4n) is 3.65. The summed E-state index contributed by atoms with van der Waals surface area (Å²) in [5.41, 5.74) is 2.02. The number of carbonyl (C=O) groups is 1. The number of rotatable bonds is 6. The summed E-state index contributed by atoms with van der Waals surface area (Å²) < 4.78 is 2.03. The number of aliphatic hydroxyl groups is 1. The zero-order valence-electron chi connectivity index (χ0n) is 15.7. The molecule has 0 radical (unpaired) electrons. The summed E-state index contributed by atoms with van der Waals surface area (Å²) in [6, 6.07) is 7.91. The Bertz CT molecular complexity index is 743. The minimum Gasteiger partial charge on any atom is -0.395 e. The normalized spacial score (nSPS) is 18.2. The molecule has 2 N–H and O–H groups in total. The smallest absolute Gasteiger partial charge is 0.317 e. The Balaban J connectivity index is 1.52. The van der Waals surface area contributed by atoms with E-state index in [-0.39, 0.29) is 12.6 Å². The lowest BCUT2D eigenvalue weighted by molar-refractivity contribution is 0.137. The number of carbonyl (C=O) groups excluding carboxylic acids is 1. The predicted molar refractivity (Wildman–Crippen MR) is 102 cm³/mol. The Labute approximate surface area is 154 Å². The van der Waals surface area contributed by atoms with E-state index in [2.05, 4.69) is 15.2 Å². The van der Waals surface area contributed by atoms with Gasteiger partial charge in [0.15, 0.2) is 0 Å². The number of hydrogen-bond acceptors (Lipinski definition) is 4. The molecule has 7 nitrogen and oxygen atoms in total. The highest BCUT2D eigenvalue weighted by molar-refractivity contribution is 5.76. The number of β-amino-alcohol motifs (C(OH)–C–C–N with tert-alkyl or cyclic N) is 1. The molecule has 0 spiro atoms. The van der Waals surface area contributed by atoms with Crippen LogP contribution < -0.4 is 5.32 Å². The fourth-order valence-corrected chi connectivity index (χ4v) is 3.65. The van der Waals surface area contributed by atoms with E-state index in [4.69, 9.17) is 5.11 Å². The van der Waals surface area contributed by atoms with Crippen LogP contribution in [0.4, 0.5) is 4.79 Å². The number of imidazole rings is 1. The van der Waals surface area contributed by atoms with E-state index in [1.165, 1.54) is 0 Å². The largest absolute Gasteiger partial charge is 0.395 e. The predicted octanol–water partition coefficient (Wildman–Crippen LogP) is 1.42. The van der Waals surface area contributed by atoms with Gasteiger partial charge in [-0.05, 0) is 37.4 Å². The van der Waals surface area contributed by atoms with Gasteiger partial charge in [-0.2, -0.15) is 0 Å². The van der Waals surface area contributed by atoms with Crippen LogP contribution in [0.5, 0.6) is 0 Å². The maximum atomic E-state index is 12.4. The lowest BCUT2D eigenvalue weighted by Crippen LogP contribution is -2.44. The van der Waals surface area contributed by atoms with Gasteiger partial charge in [-0.25, -0.2) is 9.78 Å². The van der Waals surface area contributed by atoms with Gasteiger partial charge in [-0.15, -0.1) is 0 Å². The zero-order chi connectivity index (χ0) is 18.5. The molecule has 1 unspecified atom stereocenters. The van der Waals surface area contributed by atoms with E-state index < -0.39 is 0 Å². The second-order valence-electron chi connectivity index (χ2n) is 7.15. The number of aryl methyl sites for hydroxylation is 1. The zero-order valence-corrected chi connectivity index (χ0v) is 15.7. The number of nitrogens with zero attached hydrogens (tertiary/aromatic N) is 4. The molecule has 0 bridgehead atoms. The van der Waals surface area contributed by atoms with Gasteiger partial charge in [-0.1, -0.05) is 12.1 Å². The van der Waals surface area contributed by atoms with E-state index in [1.807, 2.05) is 35.9 Å². The summed E-state index contributed by atoms with van der Waals surface area (Å²) in [6.07, 6.45) is 2.24. The van der Waals surface area contributed by atoms with Crippen molar-refractivity contribution in [2.75, 3.05) is 39.8 Å². The standard InChI is InChI=1S/C19H29N5O2/c1-22(14-18-21-16-7-3-4-8-17(16)23(18)2)19(26)20-12-15-6-5-9-24(13-15)10-11-25/h3-4,7-8,15,25H,5-6,9-14H2,1-2H3,(H,20,26). The summed E-state index contributed by atoms with van der Waals surface area (Å²) in [6.45, 7) is 4.04. The number of urea groups is 1. The molecule has 1 atom stereocenters. The molecule has 1 saturated heterocycles. The van der Waals surface area contributed by atoms with E-state index in [0.717, 1.165) is 49.3 Å². The molecular weight excluding hydrogens is 330 g/mol. The summed E-state index contributed by atoms with van der Waals surface area (Å²) in [5.74, 6) is 1.32. The molecule has 142 valence electrons. The number of aromatic nitrogens is 2. The van der Waals surface area contributed by atoms with Crippen LogP contribution in [-0.4, -0.2) is 70.3 Å². The molecule has 2 aromatic rings. The highest BCUT2D eigenvalue weighted by Gasteiger charge is 2.21. The van der Waals surface area contributed by atoms with Crippen LogP contribution in [0.1, 0.15) is 18.7 Å². The molecule has 1 aromatic heterocycles. The number of nitrogens with one attached hydrogen (secondary N) is 1. The van der Waals surface area contributed by atoms with Crippen molar-refractivity contribution in [1.29, 1.82) is 0 Å². The molecule has 2 amide bonds. The second kappa shape index (κ2) is 8.51. The number of benzene rings is 1. The molecule has 1 fully saturated rings. The van der Waals surface area contributed by atoms with Crippen molar-refractivity contribution in [3.63, 3.8) is 0 Å². The van der Waals surface area contributed by atoms with Crippen LogP contribution >= 0.6 is 0 Å². The maximum Gasteiger partial charge on any atom is 0.317 e. The minimum atomic E-state index is -0.0728. The third-order valence-corrected chi connectivity index (χ3v) is 5.17. The first-order chi connectivity index (χ1) is 12.6.